The van der Waals surface area contributed by atoms with Crippen LogP contribution >= 0.6 is 0 Å². The molecule has 1 heterocycles. The van der Waals surface area contributed by atoms with Crippen molar-refractivity contribution in [2.75, 3.05) is 13.4 Å². The van der Waals surface area contributed by atoms with E-state index in [2.05, 4.69) is 23.8 Å². The van der Waals surface area contributed by atoms with Gasteiger partial charge in [-0.3, -0.25) is 0 Å². The minimum Gasteiger partial charge on any atom is -0.468 e. The van der Waals surface area contributed by atoms with Crippen molar-refractivity contribution >= 4 is 0 Å². The van der Waals surface area contributed by atoms with Crippen LogP contribution in [0, 0.1) is 0 Å². The first kappa shape index (κ1) is 22.4. The highest BCUT2D eigenvalue weighted by Crippen LogP contribution is 2.19. The van der Waals surface area contributed by atoms with Crippen LogP contribution in [0.25, 0.3) is 11.4 Å². The van der Waals surface area contributed by atoms with E-state index in [1.165, 1.54) is 56.9 Å². The van der Waals surface area contributed by atoms with Crippen molar-refractivity contribution < 1.29 is 9.47 Å². The predicted molar refractivity (Wildman–Crippen MR) is 116 cm³/mol. The Morgan fingerprint density at radius 2 is 1.39 bits per heavy atom. The summed E-state index contributed by atoms with van der Waals surface area (Å²) >= 11 is 0. The van der Waals surface area contributed by atoms with Crippen LogP contribution in [0.5, 0.6) is 5.75 Å². The monoisotopic (exact) mass is 384 g/mol. The highest BCUT2D eigenvalue weighted by molar-refractivity contribution is 5.55. The van der Waals surface area contributed by atoms with Crippen LogP contribution in [0.1, 0.15) is 77.2 Å². The van der Waals surface area contributed by atoms with Crippen LogP contribution < -0.4 is 4.74 Å². The number of rotatable bonds is 15. The lowest BCUT2D eigenvalue weighted by Gasteiger charge is -2.07. The molecule has 0 aliphatic carbocycles. The van der Waals surface area contributed by atoms with E-state index in [9.17, 15) is 0 Å². The number of hydrogen-bond donors (Lipinski definition) is 0. The molecule has 28 heavy (non-hydrogen) atoms. The molecule has 0 atom stereocenters. The summed E-state index contributed by atoms with van der Waals surface area (Å²) in [4.78, 5) is 9.07. The van der Waals surface area contributed by atoms with E-state index in [-0.39, 0.29) is 6.79 Å². The molecule has 0 N–H and O–H groups in total. The zero-order valence-electron chi connectivity index (χ0n) is 17.7. The van der Waals surface area contributed by atoms with Crippen LogP contribution in [0.4, 0.5) is 0 Å². The van der Waals surface area contributed by atoms with Gasteiger partial charge in [-0.1, -0.05) is 58.8 Å². The van der Waals surface area contributed by atoms with Crippen LogP contribution in [-0.2, 0) is 11.2 Å². The summed E-state index contributed by atoms with van der Waals surface area (Å²) in [6.07, 6.45) is 16.7. The van der Waals surface area contributed by atoms with Crippen molar-refractivity contribution in [1.82, 2.24) is 9.97 Å². The minimum atomic E-state index is 0.289. The molecule has 0 amide bonds. The molecule has 154 valence electrons. The Bertz CT molecular complexity index is 626. The van der Waals surface area contributed by atoms with Crippen LogP contribution in [0.3, 0.4) is 0 Å². The maximum Gasteiger partial charge on any atom is 0.189 e. The summed E-state index contributed by atoms with van der Waals surface area (Å²) in [5.74, 6) is 1.56. The number of hydrogen-bond acceptors (Lipinski definition) is 4. The fraction of sp³-hybridized carbons (Fsp3) is 0.583. The fourth-order valence-corrected chi connectivity index (χ4v) is 3.11. The van der Waals surface area contributed by atoms with E-state index >= 15 is 0 Å². The lowest BCUT2D eigenvalue weighted by Crippen LogP contribution is -2.03. The van der Waals surface area contributed by atoms with Gasteiger partial charge in [0.05, 0.1) is 6.61 Å². The third-order valence-electron chi connectivity index (χ3n) is 4.79. The zero-order chi connectivity index (χ0) is 19.9. The molecule has 0 aliphatic heterocycles. The second-order valence-electron chi connectivity index (χ2n) is 7.33. The zero-order valence-corrected chi connectivity index (χ0v) is 17.7. The van der Waals surface area contributed by atoms with Crippen molar-refractivity contribution in [2.45, 2.75) is 78.1 Å². The smallest absolute Gasteiger partial charge is 0.189 e. The molecule has 0 spiro atoms. The maximum absolute atomic E-state index is 5.55. The second-order valence-corrected chi connectivity index (χ2v) is 7.33. The van der Waals surface area contributed by atoms with Crippen molar-refractivity contribution in [2.24, 2.45) is 0 Å². The molecule has 0 radical (unpaired) electrons. The van der Waals surface area contributed by atoms with Gasteiger partial charge in [-0.2, -0.15) is 0 Å². The van der Waals surface area contributed by atoms with Gasteiger partial charge >= 0.3 is 0 Å². The second kappa shape index (κ2) is 14.1. The van der Waals surface area contributed by atoms with Gasteiger partial charge in [-0.15, -0.1) is 0 Å². The molecule has 0 bridgehead atoms. The molecule has 0 saturated heterocycles. The van der Waals surface area contributed by atoms with Crippen LogP contribution in [0.2, 0.25) is 0 Å². The molecule has 4 nitrogen and oxygen atoms in total. The summed E-state index contributed by atoms with van der Waals surface area (Å²) in [6, 6.07) is 7.84. The first-order valence-corrected chi connectivity index (χ1v) is 11.0. The fourth-order valence-electron chi connectivity index (χ4n) is 3.11. The van der Waals surface area contributed by atoms with Gasteiger partial charge < -0.3 is 9.47 Å². The summed E-state index contributed by atoms with van der Waals surface area (Å²) in [5, 5.41) is 0. The Balaban J connectivity index is 1.68. The average molecular weight is 385 g/mol. The maximum atomic E-state index is 5.55. The van der Waals surface area contributed by atoms with E-state index in [0.717, 1.165) is 36.6 Å². The van der Waals surface area contributed by atoms with Gasteiger partial charge in [0.1, 0.15) is 5.75 Å². The molecule has 1 aromatic heterocycles. The van der Waals surface area contributed by atoms with Gasteiger partial charge in [-0.05, 0) is 49.1 Å². The average Bonchev–Trinajstić information content (AvgIpc) is 2.74. The number of benzene rings is 1. The number of nitrogens with zero attached hydrogens (tertiary/aromatic N) is 2. The number of aryl methyl sites for hydroxylation is 1. The standard InChI is InChI=1S/C24H36N2O2/c1-3-5-6-7-8-9-10-11-12-21-18-25-24(26-19-21)22-13-15-23(16-14-22)28-20-27-17-4-2/h13-16,18-19H,3-12,17,20H2,1-2H3. The van der Waals surface area contributed by atoms with Crippen molar-refractivity contribution in [3.63, 3.8) is 0 Å². The highest BCUT2D eigenvalue weighted by atomic mass is 16.7. The van der Waals surface area contributed by atoms with Gasteiger partial charge in [-0.25, -0.2) is 9.97 Å². The minimum absolute atomic E-state index is 0.289. The number of unbranched alkanes of at least 4 members (excludes halogenated alkanes) is 7. The molecule has 2 aromatic rings. The molecule has 4 heteroatoms. The van der Waals surface area contributed by atoms with Crippen molar-refractivity contribution in [3.8, 4) is 17.1 Å². The van der Waals surface area contributed by atoms with Gasteiger partial charge in [0.2, 0.25) is 0 Å². The number of aromatic nitrogens is 2. The third-order valence-corrected chi connectivity index (χ3v) is 4.79. The number of ether oxygens (including phenoxy) is 2. The van der Waals surface area contributed by atoms with Crippen molar-refractivity contribution in [3.05, 3.63) is 42.2 Å². The first-order valence-electron chi connectivity index (χ1n) is 11.0. The van der Waals surface area contributed by atoms with Crippen LogP contribution in [0.15, 0.2) is 36.7 Å². The SMILES string of the molecule is CCCCCCCCCCc1cnc(-c2ccc(OCOCCC)cc2)nc1. The first-order chi connectivity index (χ1) is 13.8. The molecular weight excluding hydrogens is 348 g/mol. The normalized spacial score (nSPS) is 10.9. The molecule has 0 fully saturated rings. The largest absolute Gasteiger partial charge is 0.468 e. The van der Waals surface area contributed by atoms with E-state index in [4.69, 9.17) is 9.47 Å². The third kappa shape index (κ3) is 8.83. The predicted octanol–water partition coefficient (Wildman–Crippen LogP) is 6.59. The summed E-state index contributed by atoms with van der Waals surface area (Å²) in [7, 11) is 0. The summed E-state index contributed by atoms with van der Waals surface area (Å²) in [6.45, 7) is 5.35. The molecule has 1 aromatic carbocycles. The van der Waals surface area contributed by atoms with E-state index in [1.54, 1.807) is 0 Å². The topological polar surface area (TPSA) is 44.2 Å². The van der Waals surface area contributed by atoms with E-state index in [0.29, 0.717) is 0 Å². The van der Waals surface area contributed by atoms with Gasteiger partial charge in [0.25, 0.3) is 0 Å². The lowest BCUT2D eigenvalue weighted by atomic mass is 10.1. The quantitative estimate of drug-likeness (QED) is 0.257. The van der Waals surface area contributed by atoms with E-state index < -0.39 is 0 Å². The van der Waals surface area contributed by atoms with Crippen molar-refractivity contribution in [1.29, 1.82) is 0 Å². The van der Waals surface area contributed by atoms with Gasteiger partial charge in [0, 0.05) is 18.0 Å². The molecular formula is C24H36N2O2. The molecule has 0 unspecified atom stereocenters. The Morgan fingerprint density at radius 3 is 2.04 bits per heavy atom. The molecule has 0 aliphatic rings. The Kier molecular flexibility index (Phi) is 11.3. The van der Waals surface area contributed by atoms with Crippen LogP contribution in [-0.4, -0.2) is 23.4 Å². The Hall–Kier alpha value is -1.94. The highest BCUT2D eigenvalue weighted by Gasteiger charge is 2.03. The Morgan fingerprint density at radius 1 is 0.750 bits per heavy atom. The summed E-state index contributed by atoms with van der Waals surface area (Å²) in [5.41, 5.74) is 2.23. The molecule has 2 rings (SSSR count). The van der Waals surface area contributed by atoms with Gasteiger partial charge in [0.15, 0.2) is 12.6 Å². The van der Waals surface area contributed by atoms with E-state index in [1.807, 2.05) is 36.7 Å². The molecule has 0 saturated carbocycles. The Labute approximate surface area is 170 Å². The summed E-state index contributed by atoms with van der Waals surface area (Å²) < 4.78 is 10.9. The lowest BCUT2D eigenvalue weighted by molar-refractivity contribution is 0.0157.